The summed E-state index contributed by atoms with van der Waals surface area (Å²) >= 11 is 1.57. The molecule has 0 aromatic carbocycles. The van der Waals surface area contributed by atoms with Crippen molar-refractivity contribution in [2.24, 2.45) is 0 Å². The summed E-state index contributed by atoms with van der Waals surface area (Å²) in [5.41, 5.74) is 0.928. The van der Waals surface area contributed by atoms with Crippen LogP contribution in [0.15, 0.2) is 5.38 Å². The number of carbonyl (C=O) groups excluding carboxylic acids is 1. The molecule has 0 bridgehead atoms. The Morgan fingerprint density at radius 1 is 1.62 bits per heavy atom. The molecule has 1 atom stereocenters. The number of hydrogen-bond donors (Lipinski definition) is 0. The Bertz CT molecular complexity index is 338. The van der Waals surface area contributed by atoms with E-state index in [1.54, 1.807) is 11.3 Å². The molecule has 5 heteroatoms. The highest BCUT2D eigenvalue weighted by molar-refractivity contribution is 7.09. The van der Waals surface area contributed by atoms with Gasteiger partial charge >= 0.3 is 5.97 Å². The van der Waals surface area contributed by atoms with Crippen LogP contribution < -0.4 is 0 Å². The summed E-state index contributed by atoms with van der Waals surface area (Å²) in [5, 5.41) is 2.93. The number of thiazole rings is 1. The van der Waals surface area contributed by atoms with Crippen molar-refractivity contribution in [1.82, 2.24) is 4.98 Å². The summed E-state index contributed by atoms with van der Waals surface area (Å²) < 4.78 is 10.0. The lowest BCUT2D eigenvalue weighted by molar-refractivity contribution is -0.140. The molecule has 0 aliphatic carbocycles. The van der Waals surface area contributed by atoms with Crippen LogP contribution in [0.1, 0.15) is 37.1 Å². The highest BCUT2D eigenvalue weighted by Gasteiger charge is 2.11. The van der Waals surface area contributed by atoms with E-state index in [0.29, 0.717) is 19.4 Å². The van der Waals surface area contributed by atoms with E-state index in [0.717, 1.165) is 10.7 Å². The topological polar surface area (TPSA) is 48.4 Å². The average Bonchev–Trinajstić information content (AvgIpc) is 2.75. The summed E-state index contributed by atoms with van der Waals surface area (Å²) in [4.78, 5) is 15.4. The number of aryl methyl sites for hydroxylation is 1. The van der Waals surface area contributed by atoms with E-state index >= 15 is 0 Å². The van der Waals surface area contributed by atoms with Gasteiger partial charge in [0.15, 0.2) is 0 Å². The molecule has 0 spiro atoms. The molecule has 1 unspecified atom stereocenters. The molecule has 0 amide bonds. The normalized spacial score (nSPS) is 12.4. The van der Waals surface area contributed by atoms with Crippen molar-refractivity contribution in [3.63, 3.8) is 0 Å². The summed E-state index contributed by atoms with van der Waals surface area (Å²) in [6.45, 7) is 4.62. The minimum absolute atomic E-state index is 0.0295. The van der Waals surface area contributed by atoms with Gasteiger partial charge in [-0.3, -0.25) is 4.79 Å². The zero-order valence-corrected chi connectivity index (χ0v) is 10.7. The van der Waals surface area contributed by atoms with Gasteiger partial charge in [-0.15, -0.1) is 11.3 Å². The Hall–Kier alpha value is -0.940. The molecular weight excluding hydrogens is 226 g/mol. The van der Waals surface area contributed by atoms with Gasteiger partial charge in [0, 0.05) is 18.4 Å². The summed E-state index contributed by atoms with van der Waals surface area (Å²) in [5.74, 6) is -0.201. The van der Waals surface area contributed by atoms with Gasteiger partial charge in [-0.25, -0.2) is 4.98 Å². The predicted molar refractivity (Wildman–Crippen MR) is 62.5 cm³/mol. The first kappa shape index (κ1) is 13.1. The van der Waals surface area contributed by atoms with E-state index in [1.165, 1.54) is 7.11 Å². The molecule has 1 aromatic rings. The fourth-order valence-corrected chi connectivity index (χ4v) is 2.13. The second-order valence-corrected chi connectivity index (χ2v) is 4.24. The van der Waals surface area contributed by atoms with Crippen LogP contribution in [-0.4, -0.2) is 24.7 Å². The van der Waals surface area contributed by atoms with E-state index in [9.17, 15) is 4.79 Å². The van der Waals surface area contributed by atoms with Crippen LogP contribution in [0.4, 0.5) is 0 Å². The number of rotatable bonds is 6. The van der Waals surface area contributed by atoms with Crippen molar-refractivity contribution in [2.75, 3.05) is 13.7 Å². The molecule has 0 aliphatic heterocycles. The van der Waals surface area contributed by atoms with Gasteiger partial charge in [0.25, 0.3) is 0 Å². The third-order valence-electron chi connectivity index (χ3n) is 2.15. The van der Waals surface area contributed by atoms with Crippen molar-refractivity contribution >= 4 is 17.3 Å². The average molecular weight is 243 g/mol. The lowest BCUT2D eigenvalue weighted by Crippen LogP contribution is -2.03. The van der Waals surface area contributed by atoms with Crippen molar-refractivity contribution in [3.8, 4) is 0 Å². The van der Waals surface area contributed by atoms with E-state index in [4.69, 9.17) is 4.74 Å². The fourth-order valence-electron chi connectivity index (χ4n) is 1.28. The first-order valence-electron chi connectivity index (χ1n) is 5.30. The van der Waals surface area contributed by atoms with Gasteiger partial charge in [0.2, 0.25) is 0 Å². The van der Waals surface area contributed by atoms with Crippen molar-refractivity contribution in [3.05, 3.63) is 16.1 Å². The van der Waals surface area contributed by atoms with Crippen molar-refractivity contribution < 1.29 is 14.3 Å². The smallest absolute Gasteiger partial charge is 0.305 e. The first-order chi connectivity index (χ1) is 7.67. The maximum absolute atomic E-state index is 11.0. The molecule has 16 heavy (non-hydrogen) atoms. The minimum Gasteiger partial charge on any atom is -0.469 e. The van der Waals surface area contributed by atoms with Crippen LogP contribution in [0.5, 0.6) is 0 Å². The van der Waals surface area contributed by atoms with Gasteiger partial charge in [-0.05, 0) is 13.8 Å². The van der Waals surface area contributed by atoms with Gasteiger partial charge in [-0.2, -0.15) is 0 Å². The first-order valence-corrected chi connectivity index (χ1v) is 6.18. The van der Waals surface area contributed by atoms with Crippen LogP contribution in [0.3, 0.4) is 0 Å². The molecule has 0 radical (unpaired) electrons. The molecule has 1 aromatic heterocycles. The monoisotopic (exact) mass is 243 g/mol. The molecule has 0 saturated carbocycles. The molecule has 0 fully saturated rings. The van der Waals surface area contributed by atoms with Crippen LogP contribution in [-0.2, 0) is 20.7 Å². The number of methoxy groups -OCH3 is 1. The number of carbonyl (C=O) groups is 1. The maximum atomic E-state index is 11.0. The zero-order chi connectivity index (χ0) is 12.0. The van der Waals surface area contributed by atoms with E-state index in [2.05, 4.69) is 9.72 Å². The fraction of sp³-hybridized carbons (Fsp3) is 0.636. The van der Waals surface area contributed by atoms with Crippen LogP contribution in [0.2, 0.25) is 0 Å². The Balaban J connectivity index is 2.48. The number of aromatic nitrogens is 1. The Kier molecular flexibility index (Phi) is 5.42. The molecule has 0 aliphatic rings. The molecule has 4 nitrogen and oxygen atoms in total. The number of nitrogens with zero attached hydrogens (tertiary/aromatic N) is 1. The quantitative estimate of drug-likeness (QED) is 0.720. The van der Waals surface area contributed by atoms with Crippen LogP contribution in [0.25, 0.3) is 0 Å². The predicted octanol–water partition coefficient (Wildman–Crippen LogP) is 2.35. The Morgan fingerprint density at radius 3 is 3.00 bits per heavy atom. The largest absolute Gasteiger partial charge is 0.469 e. The second-order valence-electron chi connectivity index (χ2n) is 3.35. The Morgan fingerprint density at radius 2 is 2.38 bits per heavy atom. The lowest BCUT2D eigenvalue weighted by Gasteiger charge is -2.06. The van der Waals surface area contributed by atoms with Crippen molar-refractivity contribution in [2.45, 2.75) is 32.8 Å². The van der Waals surface area contributed by atoms with E-state index in [1.807, 2.05) is 19.2 Å². The third-order valence-corrected chi connectivity index (χ3v) is 3.20. The minimum atomic E-state index is -0.201. The lowest BCUT2D eigenvalue weighted by atomic mass is 10.2. The third kappa shape index (κ3) is 3.90. The SMILES string of the molecule is CCOC(C)c1nc(CCC(=O)OC)cs1. The highest BCUT2D eigenvalue weighted by Crippen LogP contribution is 2.21. The highest BCUT2D eigenvalue weighted by atomic mass is 32.1. The summed E-state index contributed by atoms with van der Waals surface area (Å²) in [6.07, 6.45) is 1.03. The van der Waals surface area contributed by atoms with Gasteiger partial charge in [0.1, 0.15) is 11.1 Å². The van der Waals surface area contributed by atoms with E-state index in [-0.39, 0.29) is 12.1 Å². The summed E-state index contributed by atoms with van der Waals surface area (Å²) in [7, 11) is 1.39. The summed E-state index contributed by atoms with van der Waals surface area (Å²) in [6, 6.07) is 0. The van der Waals surface area contributed by atoms with E-state index < -0.39 is 0 Å². The molecule has 90 valence electrons. The molecule has 1 heterocycles. The molecular formula is C11H17NO3S. The van der Waals surface area contributed by atoms with Crippen LogP contribution >= 0.6 is 11.3 Å². The number of ether oxygens (including phenoxy) is 2. The van der Waals surface area contributed by atoms with Gasteiger partial charge < -0.3 is 9.47 Å². The molecule has 0 saturated heterocycles. The second kappa shape index (κ2) is 6.60. The van der Waals surface area contributed by atoms with Crippen LogP contribution in [0, 0.1) is 0 Å². The molecule has 1 rings (SSSR count). The number of esters is 1. The molecule has 0 N–H and O–H groups in total. The van der Waals surface area contributed by atoms with Crippen molar-refractivity contribution in [1.29, 1.82) is 0 Å². The Labute approximate surface area is 99.6 Å². The van der Waals surface area contributed by atoms with Gasteiger partial charge in [-0.1, -0.05) is 0 Å². The number of hydrogen-bond acceptors (Lipinski definition) is 5. The maximum Gasteiger partial charge on any atom is 0.305 e. The zero-order valence-electron chi connectivity index (χ0n) is 9.86. The standard InChI is InChI=1S/C11H17NO3S/c1-4-15-8(2)11-12-9(7-16-11)5-6-10(13)14-3/h7-8H,4-6H2,1-3H3. The van der Waals surface area contributed by atoms with Gasteiger partial charge in [0.05, 0.1) is 19.2 Å².